The molecular weight excluding hydrogens is 423 g/mol. The van der Waals surface area contributed by atoms with E-state index in [1.54, 1.807) is 0 Å². The molecule has 2 rings (SSSR count). The van der Waals surface area contributed by atoms with E-state index in [0.29, 0.717) is 5.75 Å². The van der Waals surface area contributed by atoms with Gasteiger partial charge in [-0.3, -0.25) is 4.72 Å². The molecule has 7 nitrogen and oxygen atoms in total. The molecule has 2 N–H and O–H groups in total. The van der Waals surface area contributed by atoms with E-state index < -0.39 is 41.7 Å². The quantitative estimate of drug-likeness (QED) is 0.693. The lowest BCUT2D eigenvalue weighted by Gasteiger charge is -2.18. The molecule has 154 valence electrons. The number of sulfonamides is 1. The molecule has 0 saturated carbocycles. The second-order valence-electron chi connectivity index (χ2n) is 5.77. The Labute approximate surface area is 159 Å². The van der Waals surface area contributed by atoms with Crippen LogP contribution in [0.2, 0.25) is 0 Å². The largest absolute Gasteiger partial charge is 0.516 e. The molecule has 0 bridgehead atoms. The van der Waals surface area contributed by atoms with Gasteiger partial charge in [-0.25, -0.2) is 8.42 Å². The van der Waals surface area contributed by atoms with Crippen LogP contribution in [0, 0.1) is 13.8 Å². The van der Waals surface area contributed by atoms with Crippen LogP contribution in [0.5, 0.6) is 11.5 Å². The number of phenolic OH excluding ortho intramolecular Hbond substituents is 1. The van der Waals surface area contributed by atoms with Crippen molar-refractivity contribution in [2.45, 2.75) is 29.1 Å². The molecule has 0 spiro atoms. The van der Waals surface area contributed by atoms with Gasteiger partial charge in [-0.15, -0.1) is 0 Å². The second-order valence-corrected chi connectivity index (χ2v) is 9.33. The lowest BCUT2D eigenvalue weighted by atomic mass is 10.1. The van der Waals surface area contributed by atoms with E-state index in [2.05, 4.69) is 0 Å². The minimum absolute atomic E-state index is 0.00828. The van der Waals surface area contributed by atoms with Crippen LogP contribution in [0.3, 0.4) is 0 Å². The topological polar surface area (TPSA) is 110 Å². The predicted molar refractivity (Wildman–Crippen MR) is 94.6 cm³/mol. The molecule has 0 fully saturated rings. The molecule has 0 aliphatic rings. The first-order chi connectivity index (χ1) is 12.7. The van der Waals surface area contributed by atoms with Crippen molar-refractivity contribution in [1.29, 1.82) is 0 Å². The number of benzene rings is 2. The molecule has 28 heavy (non-hydrogen) atoms. The highest BCUT2D eigenvalue weighted by atomic mass is 32.2. The summed E-state index contributed by atoms with van der Waals surface area (Å²) in [4.78, 5) is -1.11. The van der Waals surface area contributed by atoms with Crippen molar-refractivity contribution in [3.63, 3.8) is 0 Å². The molecule has 0 atom stereocenters. The Morgan fingerprint density at radius 3 is 2.04 bits per heavy atom. The van der Waals surface area contributed by atoms with Gasteiger partial charge < -0.3 is 9.84 Å². The normalized spacial score (nSPS) is 12.6. The number of hydrogen-bond acceptors (Lipinski definition) is 6. The summed E-state index contributed by atoms with van der Waals surface area (Å²) < 4.78 is 93.5. The molecule has 0 unspecified atom stereocenters. The Morgan fingerprint density at radius 1 is 1.04 bits per heavy atom. The third-order valence-corrected chi connectivity index (χ3v) is 6.92. The first kappa shape index (κ1) is 21.8. The van der Waals surface area contributed by atoms with Crippen LogP contribution in [-0.2, 0) is 19.9 Å². The maximum Gasteiger partial charge on any atom is 0.516 e. The second kappa shape index (κ2) is 7.17. The molecule has 0 aromatic heterocycles. The number of aryl methyl sites for hydroxylation is 1. The lowest BCUT2D eigenvalue weighted by molar-refractivity contribution is -0.0429. The molecule has 2 aromatic carbocycles. The van der Waals surface area contributed by atoms with Gasteiger partial charge in [-0.2, -0.15) is 21.6 Å². The fraction of sp³-hybridized carbons (Fsp3) is 0.250. The van der Waals surface area contributed by atoms with E-state index in [1.165, 1.54) is 30.9 Å². The smallest absolute Gasteiger partial charge is 0.507 e. The van der Waals surface area contributed by atoms with Gasteiger partial charge in [0.25, 0.3) is 0 Å². The number of methoxy groups -OCH3 is 1. The summed E-state index contributed by atoms with van der Waals surface area (Å²) in [6.45, 7) is 2.45. The van der Waals surface area contributed by atoms with E-state index in [1.807, 2.05) is 0 Å². The van der Waals surface area contributed by atoms with Crippen molar-refractivity contribution >= 4 is 25.5 Å². The van der Waals surface area contributed by atoms with Crippen LogP contribution < -0.4 is 9.46 Å². The van der Waals surface area contributed by atoms with E-state index in [4.69, 9.17) is 4.74 Å². The van der Waals surface area contributed by atoms with Gasteiger partial charge in [0.05, 0.1) is 17.7 Å². The SMILES string of the molecule is COc1ccc(S(=O)(=O)c2c(NS(=O)(=O)C(F)(F)F)cc(C)c(O)c2C)cc1. The standard InChI is InChI=1S/C16H16F3NO6S2/c1-9-8-13(20-28(24,25)16(17,18)19)15(10(2)14(9)21)27(22,23)12-6-4-11(26-3)5-7-12/h4-8,20-21H,1-3H3. The van der Waals surface area contributed by atoms with Crippen molar-refractivity contribution in [2.24, 2.45) is 0 Å². The fourth-order valence-electron chi connectivity index (χ4n) is 2.45. The zero-order chi connectivity index (χ0) is 21.5. The van der Waals surface area contributed by atoms with Gasteiger partial charge in [0.2, 0.25) is 9.84 Å². The minimum Gasteiger partial charge on any atom is -0.507 e. The van der Waals surface area contributed by atoms with Crippen molar-refractivity contribution in [3.8, 4) is 11.5 Å². The first-order valence-corrected chi connectivity index (χ1v) is 10.5. The average Bonchev–Trinajstić information content (AvgIpc) is 2.58. The zero-order valence-electron chi connectivity index (χ0n) is 14.8. The highest BCUT2D eigenvalue weighted by molar-refractivity contribution is 7.94. The summed E-state index contributed by atoms with van der Waals surface area (Å²) in [5.41, 5.74) is -6.78. The summed E-state index contributed by atoms with van der Waals surface area (Å²) in [7, 11) is -9.02. The number of anilines is 1. The van der Waals surface area contributed by atoms with E-state index in [-0.39, 0.29) is 16.0 Å². The average molecular weight is 439 g/mol. The van der Waals surface area contributed by atoms with Gasteiger partial charge in [0, 0.05) is 5.56 Å². The molecule has 0 amide bonds. The molecule has 0 aliphatic carbocycles. The van der Waals surface area contributed by atoms with Crippen LogP contribution in [0.25, 0.3) is 0 Å². The maximum atomic E-state index is 13.0. The van der Waals surface area contributed by atoms with Gasteiger partial charge in [0.15, 0.2) is 0 Å². The molecule has 0 aliphatic heterocycles. The van der Waals surface area contributed by atoms with Crippen molar-refractivity contribution in [2.75, 3.05) is 11.8 Å². The number of nitrogens with one attached hydrogen (secondary N) is 1. The minimum atomic E-state index is -5.89. The predicted octanol–water partition coefficient (Wildman–Crippen LogP) is 3.11. The van der Waals surface area contributed by atoms with Crippen LogP contribution >= 0.6 is 0 Å². The summed E-state index contributed by atoms with van der Waals surface area (Å²) in [6, 6.07) is 5.74. The van der Waals surface area contributed by atoms with Crippen molar-refractivity contribution in [1.82, 2.24) is 0 Å². The van der Waals surface area contributed by atoms with Crippen LogP contribution in [0.4, 0.5) is 18.9 Å². The van der Waals surface area contributed by atoms with Gasteiger partial charge in [-0.05, 0) is 49.7 Å². The van der Waals surface area contributed by atoms with E-state index in [9.17, 15) is 35.1 Å². The third kappa shape index (κ3) is 3.87. The number of aromatic hydroxyl groups is 1. The third-order valence-electron chi connectivity index (χ3n) is 3.86. The Morgan fingerprint density at radius 2 is 1.57 bits per heavy atom. The Hall–Kier alpha value is -2.47. The number of sulfone groups is 1. The van der Waals surface area contributed by atoms with E-state index in [0.717, 1.165) is 25.1 Å². The monoisotopic (exact) mass is 439 g/mol. The Bertz CT molecular complexity index is 1110. The number of alkyl halides is 3. The van der Waals surface area contributed by atoms with Gasteiger partial charge in [0.1, 0.15) is 16.4 Å². The van der Waals surface area contributed by atoms with Gasteiger partial charge in [-0.1, -0.05) is 0 Å². The van der Waals surface area contributed by atoms with Gasteiger partial charge >= 0.3 is 15.5 Å². The highest BCUT2D eigenvalue weighted by Gasteiger charge is 2.47. The molecule has 12 heteroatoms. The highest BCUT2D eigenvalue weighted by Crippen LogP contribution is 2.39. The molecule has 2 aromatic rings. The molecule has 0 heterocycles. The molecule has 0 saturated heterocycles. The van der Waals surface area contributed by atoms with Crippen LogP contribution in [0.1, 0.15) is 11.1 Å². The number of hydrogen-bond donors (Lipinski definition) is 2. The molecule has 0 radical (unpaired) electrons. The molecular formula is C16H16F3NO6S2. The summed E-state index contributed by atoms with van der Waals surface area (Å²) in [6.07, 6.45) is 0. The fourth-order valence-corrected chi connectivity index (χ4v) is 4.71. The van der Waals surface area contributed by atoms with Crippen LogP contribution in [-0.4, -0.2) is 34.6 Å². The summed E-state index contributed by atoms with van der Waals surface area (Å²) >= 11 is 0. The van der Waals surface area contributed by atoms with E-state index >= 15 is 0 Å². The number of rotatable bonds is 5. The first-order valence-electron chi connectivity index (χ1n) is 7.53. The summed E-state index contributed by atoms with van der Waals surface area (Å²) in [5.74, 6) is -0.150. The Kier molecular flexibility index (Phi) is 5.59. The summed E-state index contributed by atoms with van der Waals surface area (Å²) in [5, 5.41) is 10.1. The maximum absolute atomic E-state index is 13.0. The van der Waals surface area contributed by atoms with Crippen LogP contribution in [0.15, 0.2) is 40.1 Å². The lowest BCUT2D eigenvalue weighted by Crippen LogP contribution is -2.30. The zero-order valence-corrected chi connectivity index (χ0v) is 16.5. The number of ether oxygens (including phenoxy) is 1. The Balaban J connectivity index is 2.76. The van der Waals surface area contributed by atoms with Crippen molar-refractivity contribution < 1.29 is 39.9 Å². The van der Waals surface area contributed by atoms with Crippen molar-refractivity contribution in [3.05, 3.63) is 41.5 Å². The number of phenols is 1. The number of halogens is 3.